The molecule has 0 fully saturated rings. The van der Waals surface area contributed by atoms with Gasteiger partial charge in [-0.3, -0.25) is 4.79 Å². The smallest absolute Gasteiger partial charge is 0.407 e. The van der Waals surface area contributed by atoms with Gasteiger partial charge < -0.3 is 19.8 Å². The van der Waals surface area contributed by atoms with Crippen molar-refractivity contribution in [2.75, 3.05) is 11.9 Å². The molecular weight excluding hydrogens is 372 g/mol. The fourth-order valence-corrected chi connectivity index (χ4v) is 3.05. The van der Waals surface area contributed by atoms with Crippen molar-refractivity contribution in [3.05, 3.63) is 76.1 Å². The molecule has 2 amide bonds. The Labute approximate surface area is 167 Å². The number of anilines is 1. The van der Waals surface area contributed by atoms with Crippen LogP contribution < -0.4 is 16.3 Å². The first-order chi connectivity index (χ1) is 14.0. The van der Waals surface area contributed by atoms with Crippen molar-refractivity contribution in [3.63, 3.8) is 0 Å². The van der Waals surface area contributed by atoms with Gasteiger partial charge in [-0.2, -0.15) is 0 Å². The number of amides is 2. The lowest BCUT2D eigenvalue weighted by Gasteiger charge is -2.18. The molecule has 0 spiro atoms. The quantitative estimate of drug-likeness (QED) is 0.618. The summed E-state index contributed by atoms with van der Waals surface area (Å²) in [7, 11) is 0. The number of carbonyl (C=O) groups excluding carboxylic acids is 2. The monoisotopic (exact) mass is 394 g/mol. The highest BCUT2D eigenvalue weighted by Crippen LogP contribution is 2.22. The topological polar surface area (TPSA) is 97.6 Å². The number of aryl methyl sites for hydroxylation is 1. The van der Waals surface area contributed by atoms with E-state index in [1.54, 1.807) is 25.1 Å². The Morgan fingerprint density at radius 3 is 2.59 bits per heavy atom. The van der Waals surface area contributed by atoms with Crippen molar-refractivity contribution < 1.29 is 18.7 Å². The summed E-state index contributed by atoms with van der Waals surface area (Å²) < 4.78 is 10.2. The average molecular weight is 394 g/mol. The highest BCUT2D eigenvalue weighted by molar-refractivity contribution is 5.94. The summed E-state index contributed by atoms with van der Waals surface area (Å²) >= 11 is 0. The maximum Gasteiger partial charge on any atom is 0.407 e. The van der Waals surface area contributed by atoms with Gasteiger partial charge in [0.2, 0.25) is 5.91 Å². The van der Waals surface area contributed by atoms with Crippen LogP contribution in [0, 0.1) is 6.92 Å². The first kappa shape index (κ1) is 20.1. The minimum absolute atomic E-state index is 0.0125. The molecule has 2 aromatic carbocycles. The van der Waals surface area contributed by atoms with Crippen LogP contribution in [-0.2, 0) is 9.53 Å². The molecule has 3 aromatic rings. The summed E-state index contributed by atoms with van der Waals surface area (Å²) in [5.41, 5.74) is 2.05. The van der Waals surface area contributed by atoms with Crippen LogP contribution in [0.2, 0.25) is 0 Å². The van der Waals surface area contributed by atoms with Gasteiger partial charge in [-0.25, -0.2) is 9.59 Å². The lowest BCUT2D eigenvalue weighted by molar-refractivity contribution is -0.116. The first-order valence-corrected chi connectivity index (χ1v) is 9.29. The largest absolute Gasteiger partial charge is 0.450 e. The maximum absolute atomic E-state index is 12.6. The van der Waals surface area contributed by atoms with E-state index in [0.29, 0.717) is 11.3 Å². The number of fused-ring (bicyclic) bond motifs is 1. The minimum Gasteiger partial charge on any atom is -0.450 e. The van der Waals surface area contributed by atoms with Crippen molar-refractivity contribution in [1.82, 2.24) is 5.32 Å². The number of nitrogens with one attached hydrogen (secondary N) is 2. The average Bonchev–Trinajstić information content (AvgIpc) is 2.68. The molecule has 1 atom stereocenters. The summed E-state index contributed by atoms with van der Waals surface area (Å²) in [4.78, 5) is 36.1. The van der Waals surface area contributed by atoms with Gasteiger partial charge in [-0.15, -0.1) is 0 Å². The predicted octanol–water partition coefficient (Wildman–Crippen LogP) is 3.92. The molecule has 0 aliphatic heterocycles. The number of ether oxygens (including phenoxy) is 1. The summed E-state index contributed by atoms with van der Waals surface area (Å²) in [5.74, 6) is -0.301. The molecule has 0 bridgehead atoms. The van der Waals surface area contributed by atoms with Crippen LogP contribution in [0.4, 0.5) is 10.5 Å². The second-order valence-corrected chi connectivity index (χ2v) is 6.54. The number of benzene rings is 2. The number of carbonyl (C=O) groups is 2. The summed E-state index contributed by atoms with van der Waals surface area (Å²) in [6.45, 7) is 3.77. The van der Waals surface area contributed by atoms with Gasteiger partial charge >= 0.3 is 11.7 Å². The molecular formula is C22H22N2O5. The van der Waals surface area contributed by atoms with Gasteiger partial charge in [0.1, 0.15) is 5.58 Å². The minimum atomic E-state index is -0.586. The molecule has 29 heavy (non-hydrogen) atoms. The van der Waals surface area contributed by atoms with Crippen LogP contribution in [0.3, 0.4) is 0 Å². The van der Waals surface area contributed by atoms with E-state index in [0.717, 1.165) is 16.5 Å². The van der Waals surface area contributed by atoms with Crippen molar-refractivity contribution in [2.45, 2.75) is 26.3 Å². The number of alkyl carbamates (subject to hydrolysis) is 1. The van der Waals surface area contributed by atoms with E-state index >= 15 is 0 Å². The van der Waals surface area contributed by atoms with Gasteiger partial charge in [0.25, 0.3) is 0 Å². The van der Waals surface area contributed by atoms with Gasteiger partial charge in [-0.05, 0) is 37.1 Å². The highest BCUT2D eigenvalue weighted by atomic mass is 16.5. The zero-order valence-electron chi connectivity index (χ0n) is 16.2. The van der Waals surface area contributed by atoms with E-state index in [2.05, 4.69) is 10.6 Å². The molecule has 150 valence electrons. The van der Waals surface area contributed by atoms with Crippen LogP contribution in [0.1, 0.15) is 30.5 Å². The highest BCUT2D eigenvalue weighted by Gasteiger charge is 2.19. The zero-order valence-corrected chi connectivity index (χ0v) is 16.2. The van der Waals surface area contributed by atoms with E-state index in [4.69, 9.17) is 9.15 Å². The van der Waals surface area contributed by atoms with Crippen molar-refractivity contribution in [3.8, 4) is 0 Å². The van der Waals surface area contributed by atoms with Gasteiger partial charge in [0.05, 0.1) is 19.1 Å². The molecule has 1 unspecified atom stereocenters. The molecule has 3 rings (SSSR count). The Kier molecular flexibility index (Phi) is 6.29. The van der Waals surface area contributed by atoms with Crippen LogP contribution >= 0.6 is 0 Å². The van der Waals surface area contributed by atoms with Crippen molar-refractivity contribution >= 4 is 28.7 Å². The van der Waals surface area contributed by atoms with Crippen molar-refractivity contribution in [2.24, 2.45) is 0 Å². The first-order valence-electron chi connectivity index (χ1n) is 9.29. The number of rotatable bonds is 6. The van der Waals surface area contributed by atoms with E-state index in [9.17, 15) is 14.4 Å². The molecule has 7 heteroatoms. The zero-order chi connectivity index (χ0) is 20.8. The molecule has 2 N–H and O–H groups in total. The van der Waals surface area contributed by atoms with Crippen LogP contribution in [0.25, 0.3) is 11.0 Å². The predicted molar refractivity (Wildman–Crippen MR) is 110 cm³/mol. The third-order valence-electron chi connectivity index (χ3n) is 4.39. The Balaban J connectivity index is 1.76. The Morgan fingerprint density at radius 1 is 1.10 bits per heavy atom. The molecule has 0 saturated heterocycles. The Bertz CT molecular complexity index is 1080. The molecule has 0 aliphatic rings. The third-order valence-corrected chi connectivity index (χ3v) is 4.39. The molecule has 0 aliphatic carbocycles. The second-order valence-electron chi connectivity index (χ2n) is 6.54. The van der Waals surface area contributed by atoms with Crippen LogP contribution in [0.5, 0.6) is 0 Å². The Morgan fingerprint density at radius 2 is 1.86 bits per heavy atom. The van der Waals surface area contributed by atoms with E-state index in [1.165, 1.54) is 6.07 Å². The maximum atomic E-state index is 12.6. The molecule has 0 radical (unpaired) electrons. The summed E-state index contributed by atoms with van der Waals surface area (Å²) in [6.07, 6.45) is -0.573. The fraction of sp³-hybridized carbons (Fsp3) is 0.227. The summed E-state index contributed by atoms with van der Waals surface area (Å²) in [5, 5.41) is 6.30. The molecule has 1 heterocycles. The number of hydrogen-bond donors (Lipinski definition) is 2. The van der Waals surface area contributed by atoms with Crippen molar-refractivity contribution in [1.29, 1.82) is 0 Å². The molecule has 0 saturated carbocycles. The Hall–Kier alpha value is -3.61. The van der Waals surface area contributed by atoms with Gasteiger partial charge in [0, 0.05) is 23.2 Å². The van der Waals surface area contributed by atoms with E-state index in [1.807, 2.05) is 37.3 Å². The normalized spacial score (nSPS) is 11.7. The SMILES string of the molecule is CCOC(=O)NC(CC(=O)Nc1ccc2c(C)cc(=O)oc2c1)c1ccccc1. The summed E-state index contributed by atoms with van der Waals surface area (Å²) in [6, 6.07) is 15.2. The van der Waals surface area contributed by atoms with Crippen LogP contribution in [-0.4, -0.2) is 18.6 Å². The van der Waals surface area contributed by atoms with E-state index < -0.39 is 17.8 Å². The van der Waals surface area contributed by atoms with Crippen LogP contribution in [0.15, 0.2) is 63.8 Å². The van der Waals surface area contributed by atoms with Gasteiger partial charge in [0.15, 0.2) is 0 Å². The lowest BCUT2D eigenvalue weighted by atomic mass is 10.0. The van der Waals surface area contributed by atoms with E-state index in [-0.39, 0.29) is 18.9 Å². The second kappa shape index (κ2) is 9.05. The lowest BCUT2D eigenvalue weighted by Crippen LogP contribution is -2.32. The fourth-order valence-electron chi connectivity index (χ4n) is 3.05. The third kappa shape index (κ3) is 5.22. The number of hydrogen-bond acceptors (Lipinski definition) is 5. The standard InChI is InChI=1S/C22H22N2O5/c1-3-28-22(27)24-18(15-7-5-4-6-8-15)13-20(25)23-16-9-10-17-14(2)11-21(26)29-19(17)12-16/h4-12,18H,3,13H2,1-2H3,(H,23,25)(H,24,27). The molecule has 7 nitrogen and oxygen atoms in total. The van der Waals surface area contributed by atoms with Gasteiger partial charge in [-0.1, -0.05) is 30.3 Å². The molecule has 1 aromatic heterocycles.